The number of hydrogen-bond acceptors (Lipinski definition) is 1. The second-order valence-electron chi connectivity index (χ2n) is 5.67. The van der Waals surface area contributed by atoms with Gasteiger partial charge < -0.3 is 4.90 Å². The van der Waals surface area contributed by atoms with Gasteiger partial charge in [-0.05, 0) is 51.8 Å². The number of carbonyl (C=O) groups excluding carboxylic acids is 1. The summed E-state index contributed by atoms with van der Waals surface area (Å²) in [4.78, 5) is 14.5. The summed E-state index contributed by atoms with van der Waals surface area (Å²) in [6.07, 6.45) is 0.786. The molecule has 0 N–H and O–H groups in total. The van der Waals surface area contributed by atoms with Crippen LogP contribution in [0.3, 0.4) is 0 Å². The zero-order chi connectivity index (χ0) is 14.6. The topological polar surface area (TPSA) is 20.3 Å². The molecular formula is C16H24BrNO. The highest BCUT2D eigenvalue weighted by Gasteiger charge is 2.25. The van der Waals surface area contributed by atoms with Gasteiger partial charge in [0.25, 0.3) is 0 Å². The summed E-state index contributed by atoms with van der Waals surface area (Å²) in [5, 5.41) is 0. The molecule has 0 aliphatic rings. The van der Waals surface area contributed by atoms with Gasteiger partial charge in [0.1, 0.15) is 0 Å². The zero-order valence-electron chi connectivity index (χ0n) is 12.5. The molecule has 0 heterocycles. The number of amides is 1. The fourth-order valence-corrected chi connectivity index (χ4v) is 2.91. The summed E-state index contributed by atoms with van der Waals surface area (Å²) in [5.41, 5.74) is 1.20. The number of nitrogens with zero attached hydrogens (tertiary/aromatic N) is 1. The van der Waals surface area contributed by atoms with Crippen LogP contribution in [0, 0.1) is 5.92 Å². The van der Waals surface area contributed by atoms with Crippen molar-refractivity contribution < 1.29 is 4.79 Å². The quantitative estimate of drug-likeness (QED) is 0.791. The molecule has 0 aliphatic carbocycles. The second-order valence-corrected chi connectivity index (χ2v) is 6.58. The van der Waals surface area contributed by atoms with Gasteiger partial charge in [-0.3, -0.25) is 4.79 Å². The number of hydrogen-bond donors (Lipinski definition) is 0. The predicted octanol–water partition coefficient (Wildman–Crippen LogP) is 4.27. The summed E-state index contributed by atoms with van der Waals surface area (Å²) in [6.45, 7) is 10.3. The molecule has 0 bridgehead atoms. The molecule has 0 radical (unpaired) electrons. The summed E-state index contributed by atoms with van der Waals surface area (Å²) in [6, 6.07) is 8.67. The number of rotatable bonds is 5. The van der Waals surface area contributed by atoms with E-state index >= 15 is 0 Å². The molecule has 1 rings (SSSR count). The maximum atomic E-state index is 12.5. The molecule has 1 aromatic carbocycles. The average molecular weight is 326 g/mol. The van der Waals surface area contributed by atoms with E-state index in [1.165, 1.54) is 5.56 Å². The van der Waals surface area contributed by atoms with E-state index < -0.39 is 0 Å². The van der Waals surface area contributed by atoms with Crippen molar-refractivity contribution in [1.82, 2.24) is 4.90 Å². The molecule has 0 spiro atoms. The molecule has 0 saturated carbocycles. The van der Waals surface area contributed by atoms with E-state index in [0.717, 1.165) is 10.9 Å². The van der Waals surface area contributed by atoms with Gasteiger partial charge in [0, 0.05) is 22.5 Å². The lowest BCUT2D eigenvalue weighted by molar-refractivity contribution is -0.138. The number of benzene rings is 1. The van der Waals surface area contributed by atoms with Crippen LogP contribution < -0.4 is 0 Å². The maximum Gasteiger partial charge on any atom is 0.226 e. The molecule has 1 atom stereocenters. The Bertz CT molecular complexity index is 421. The van der Waals surface area contributed by atoms with Crippen LogP contribution >= 0.6 is 15.9 Å². The summed E-state index contributed by atoms with van der Waals surface area (Å²) < 4.78 is 1.06. The van der Waals surface area contributed by atoms with E-state index in [0.29, 0.717) is 0 Å². The van der Waals surface area contributed by atoms with Gasteiger partial charge in [-0.15, -0.1) is 0 Å². The van der Waals surface area contributed by atoms with Crippen molar-refractivity contribution in [3.05, 3.63) is 34.3 Å². The highest BCUT2D eigenvalue weighted by molar-refractivity contribution is 9.10. The van der Waals surface area contributed by atoms with Crippen molar-refractivity contribution in [1.29, 1.82) is 0 Å². The van der Waals surface area contributed by atoms with E-state index in [4.69, 9.17) is 0 Å². The van der Waals surface area contributed by atoms with Gasteiger partial charge >= 0.3 is 0 Å². The highest BCUT2D eigenvalue weighted by atomic mass is 79.9. The molecule has 0 aliphatic heterocycles. The first-order valence-corrected chi connectivity index (χ1v) is 7.68. The van der Waals surface area contributed by atoms with Crippen molar-refractivity contribution in [3.8, 4) is 0 Å². The van der Waals surface area contributed by atoms with Crippen molar-refractivity contribution in [3.63, 3.8) is 0 Å². The molecule has 106 valence electrons. The molecule has 0 aromatic heterocycles. The van der Waals surface area contributed by atoms with Crippen LogP contribution in [-0.2, 0) is 11.2 Å². The summed E-state index contributed by atoms with van der Waals surface area (Å²) in [5.74, 6) is 0.254. The second kappa shape index (κ2) is 7.09. The van der Waals surface area contributed by atoms with E-state index in [2.05, 4.69) is 55.8 Å². The highest BCUT2D eigenvalue weighted by Crippen LogP contribution is 2.18. The molecule has 1 aromatic rings. The number of halogens is 1. The van der Waals surface area contributed by atoms with Crippen molar-refractivity contribution in [2.24, 2.45) is 5.92 Å². The lowest BCUT2D eigenvalue weighted by Crippen LogP contribution is -2.45. The molecule has 2 nitrogen and oxygen atoms in total. The molecule has 0 saturated heterocycles. The summed E-state index contributed by atoms with van der Waals surface area (Å²) in [7, 11) is 0. The fraction of sp³-hybridized carbons (Fsp3) is 0.562. The van der Waals surface area contributed by atoms with Gasteiger partial charge in [-0.25, -0.2) is 0 Å². The van der Waals surface area contributed by atoms with Crippen LogP contribution in [0.5, 0.6) is 0 Å². The van der Waals surface area contributed by atoms with Crippen molar-refractivity contribution >= 4 is 21.8 Å². The van der Waals surface area contributed by atoms with Crippen LogP contribution in [-0.4, -0.2) is 22.9 Å². The van der Waals surface area contributed by atoms with E-state index in [9.17, 15) is 4.79 Å². The minimum Gasteiger partial charge on any atom is -0.338 e. The molecule has 3 heteroatoms. The lowest BCUT2D eigenvalue weighted by Gasteiger charge is -2.33. The van der Waals surface area contributed by atoms with Crippen molar-refractivity contribution in [2.45, 2.75) is 53.1 Å². The minimum absolute atomic E-state index is 0.0131. The maximum absolute atomic E-state index is 12.5. The normalized spacial score (nSPS) is 12.8. The third-order valence-corrected chi connectivity index (χ3v) is 3.71. The first-order valence-electron chi connectivity index (χ1n) is 6.89. The van der Waals surface area contributed by atoms with Crippen LogP contribution in [0.25, 0.3) is 0 Å². The molecule has 1 amide bonds. The first kappa shape index (κ1) is 16.2. The van der Waals surface area contributed by atoms with Gasteiger partial charge in [0.05, 0.1) is 0 Å². The zero-order valence-corrected chi connectivity index (χ0v) is 14.1. The van der Waals surface area contributed by atoms with Crippen molar-refractivity contribution in [2.75, 3.05) is 0 Å². The van der Waals surface area contributed by atoms with Gasteiger partial charge in [-0.2, -0.15) is 0 Å². The molecular weight excluding hydrogens is 302 g/mol. The monoisotopic (exact) mass is 325 g/mol. The molecule has 1 unspecified atom stereocenters. The minimum atomic E-state index is 0.0131. The Morgan fingerprint density at radius 1 is 1.16 bits per heavy atom. The van der Waals surface area contributed by atoms with E-state index in [-0.39, 0.29) is 23.9 Å². The predicted molar refractivity (Wildman–Crippen MR) is 84.1 cm³/mol. The Kier molecular flexibility index (Phi) is 6.05. The fourth-order valence-electron chi connectivity index (χ4n) is 2.46. The van der Waals surface area contributed by atoms with Gasteiger partial charge in [0.15, 0.2) is 0 Å². The van der Waals surface area contributed by atoms with E-state index in [1.54, 1.807) is 0 Å². The first-order chi connectivity index (χ1) is 8.82. The Morgan fingerprint density at radius 2 is 1.74 bits per heavy atom. The smallest absolute Gasteiger partial charge is 0.226 e. The lowest BCUT2D eigenvalue weighted by atomic mass is 9.98. The average Bonchev–Trinajstić information content (AvgIpc) is 2.27. The van der Waals surface area contributed by atoms with Gasteiger partial charge in [-0.1, -0.05) is 35.0 Å². The third kappa shape index (κ3) is 4.64. The third-order valence-electron chi connectivity index (χ3n) is 3.22. The van der Waals surface area contributed by atoms with Crippen LogP contribution in [0.4, 0.5) is 0 Å². The van der Waals surface area contributed by atoms with Gasteiger partial charge in [0.2, 0.25) is 5.91 Å². The number of carbonyl (C=O) groups is 1. The van der Waals surface area contributed by atoms with Crippen LogP contribution in [0.15, 0.2) is 28.7 Å². The summed E-state index contributed by atoms with van der Waals surface area (Å²) >= 11 is 3.47. The van der Waals surface area contributed by atoms with Crippen LogP contribution in [0.2, 0.25) is 0 Å². The Morgan fingerprint density at radius 3 is 2.21 bits per heavy atom. The Balaban J connectivity index is 2.76. The molecule has 19 heavy (non-hydrogen) atoms. The Labute approximate surface area is 125 Å². The Hall–Kier alpha value is -0.830. The SMILES string of the molecule is CC(Cc1cccc(Br)c1)C(=O)N(C(C)C)C(C)C. The standard InChI is InChI=1S/C16H24BrNO/c1-11(2)18(12(3)4)16(19)13(5)9-14-7-6-8-15(17)10-14/h6-8,10-13H,9H2,1-5H3. The van der Waals surface area contributed by atoms with E-state index in [1.807, 2.05) is 24.0 Å². The van der Waals surface area contributed by atoms with Crippen LogP contribution in [0.1, 0.15) is 40.2 Å². The molecule has 0 fully saturated rings. The largest absolute Gasteiger partial charge is 0.338 e.